The molecule has 200 valence electrons. The fourth-order valence-corrected chi connectivity index (χ4v) is 4.96. The molecule has 0 aliphatic carbocycles. The molecule has 0 bridgehead atoms. The third-order valence-corrected chi connectivity index (χ3v) is 7.01. The fourth-order valence-electron chi connectivity index (χ4n) is 3.70. The van der Waals surface area contributed by atoms with E-state index < -0.39 is 43.5 Å². The summed E-state index contributed by atoms with van der Waals surface area (Å²) in [5, 5.41) is 0. The number of aromatic nitrogens is 2. The Bertz CT molecular complexity index is 914. The number of ether oxygens (including phenoxy) is 2. The van der Waals surface area contributed by atoms with E-state index in [-0.39, 0.29) is 26.2 Å². The summed E-state index contributed by atoms with van der Waals surface area (Å²) in [7, 11) is -3.87. The average Bonchev–Trinajstić information content (AvgIpc) is 3.19. The van der Waals surface area contributed by atoms with Gasteiger partial charge in [-0.2, -0.15) is 0 Å². The zero-order chi connectivity index (χ0) is 25.7. The standard InChI is InChI=1S/C23H39N2O9P/c1-4-6-8-10-14-30-35(29,31-15-11-9-7-5-2)32-17-20-19(33-18(3)26)16-22(34-20)25-13-12-21(27)24-23(25)28/h12-13,19-20,22H,4-11,14-17H2,1-3H3,(H,24,27,28)/t19-,20+,22+/m0/s1. The van der Waals surface area contributed by atoms with Crippen LogP contribution in [0.5, 0.6) is 0 Å². The predicted octanol–water partition coefficient (Wildman–Crippen LogP) is 4.07. The van der Waals surface area contributed by atoms with Gasteiger partial charge in [-0.25, -0.2) is 9.36 Å². The molecule has 0 aromatic carbocycles. The van der Waals surface area contributed by atoms with Crippen molar-refractivity contribution in [2.75, 3.05) is 19.8 Å². The van der Waals surface area contributed by atoms with Crippen molar-refractivity contribution in [2.24, 2.45) is 0 Å². The number of H-pyrrole nitrogens is 1. The van der Waals surface area contributed by atoms with Gasteiger partial charge in [0, 0.05) is 25.6 Å². The third kappa shape index (κ3) is 10.4. The first kappa shape index (κ1) is 29.5. The van der Waals surface area contributed by atoms with Gasteiger partial charge in [0.2, 0.25) is 0 Å². The van der Waals surface area contributed by atoms with Crippen LogP contribution in [0.2, 0.25) is 0 Å². The first-order valence-electron chi connectivity index (χ1n) is 12.5. The largest absolute Gasteiger partial charge is 0.474 e. The van der Waals surface area contributed by atoms with Crippen LogP contribution < -0.4 is 11.2 Å². The Kier molecular flexibility index (Phi) is 12.9. The van der Waals surface area contributed by atoms with Gasteiger partial charge >= 0.3 is 19.5 Å². The van der Waals surface area contributed by atoms with Crippen LogP contribution in [0.1, 0.15) is 84.8 Å². The maximum absolute atomic E-state index is 13.3. The molecule has 1 aliphatic rings. The molecule has 1 aromatic rings. The van der Waals surface area contributed by atoms with E-state index in [1.54, 1.807) is 0 Å². The van der Waals surface area contributed by atoms with E-state index in [0.29, 0.717) is 0 Å². The number of nitrogens with zero attached hydrogens (tertiary/aromatic N) is 1. The van der Waals surface area contributed by atoms with Gasteiger partial charge in [0.05, 0.1) is 19.8 Å². The van der Waals surface area contributed by atoms with Crippen LogP contribution in [0.4, 0.5) is 0 Å². The molecule has 1 N–H and O–H groups in total. The molecule has 0 unspecified atom stereocenters. The molecule has 0 spiro atoms. The second-order valence-electron chi connectivity index (χ2n) is 8.56. The van der Waals surface area contributed by atoms with Gasteiger partial charge in [0.25, 0.3) is 5.56 Å². The number of phosphoric ester groups is 1. The van der Waals surface area contributed by atoms with Gasteiger partial charge in [-0.1, -0.05) is 52.4 Å². The maximum atomic E-state index is 13.3. The zero-order valence-corrected chi connectivity index (χ0v) is 21.8. The van der Waals surface area contributed by atoms with E-state index in [4.69, 9.17) is 23.0 Å². The first-order valence-corrected chi connectivity index (χ1v) is 13.9. The Balaban J connectivity index is 2.04. The SMILES string of the molecule is CCCCCCOP(=O)(OCCCCCC)OC[C@H]1O[C@@H](n2ccc(=O)[nH]c2=O)C[C@@H]1OC(C)=O. The number of hydrogen-bond donors (Lipinski definition) is 1. The summed E-state index contributed by atoms with van der Waals surface area (Å²) in [5.74, 6) is -0.527. The van der Waals surface area contributed by atoms with Crippen molar-refractivity contribution in [3.63, 3.8) is 0 Å². The summed E-state index contributed by atoms with van der Waals surface area (Å²) in [5.41, 5.74) is -1.18. The third-order valence-electron chi connectivity index (χ3n) is 5.55. The molecule has 1 aliphatic heterocycles. The summed E-state index contributed by atoms with van der Waals surface area (Å²) in [6, 6.07) is 1.20. The molecular formula is C23H39N2O9P. The lowest BCUT2D eigenvalue weighted by molar-refractivity contribution is -0.150. The van der Waals surface area contributed by atoms with Crippen molar-refractivity contribution in [3.8, 4) is 0 Å². The lowest BCUT2D eigenvalue weighted by Gasteiger charge is -2.22. The second-order valence-corrected chi connectivity index (χ2v) is 10.2. The monoisotopic (exact) mass is 518 g/mol. The highest BCUT2D eigenvalue weighted by Gasteiger charge is 2.41. The zero-order valence-electron chi connectivity index (χ0n) is 20.9. The van der Waals surface area contributed by atoms with Gasteiger partial charge < -0.3 is 9.47 Å². The fraction of sp³-hybridized carbons (Fsp3) is 0.783. The topological polar surface area (TPSA) is 135 Å². The minimum atomic E-state index is -3.87. The molecule has 0 amide bonds. The van der Waals surface area contributed by atoms with Crippen molar-refractivity contribution in [1.29, 1.82) is 0 Å². The number of carbonyl (C=O) groups is 1. The van der Waals surface area contributed by atoms with E-state index in [1.807, 2.05) is 0 Å². The number of nitrogens with one attached hydrogen (secondary N) is 1. The molecule has 1 aromatic heterocycles. The van der Waals surface area contributed by atoms with Crippen molar-refractivity contribution < 1.29 is 32.4 Å². The number of unbranched alkanes of at least 4 members (excludes halogenated alkanes) is 6. The summed E-state index contributed by atoms with van der Waals surface area (Å²) in [6.45, 7) is 5.71. The molecule has 0 radical (unpaired) electrons. The molecule has 35 heavy (non-hydrogen) atoms. The van der Waals surface area contributed by atoms with Crippen LogP contribution >= 0.6 is 7.82 Å². The Morgan fingerprint density at radius 3 is 2.23 bits per heavy atom. The summed E-state index contributed by atoms with van der Waals surface area (Å²) < 4.78 is 42.5. The second kappa shape index (κ2) is 15.4. The van der Waals surface area contributed by atoms with Crippen molar-refractivity contribution in [1.82, 2.24) is 9.55 Å². The van der Waals surface area contributed by atoms with E-state index in [9.17, 15) is 18.9 Å². The van der Waals surface area contributed by atoms with Crippen LogP contribution in [0.3, 0.4) is 0 Å². The normalized spacial score (nSPS) is 20.3. The molecule has 2 heterocycles. The maximum Gasteiger partial charge on any atom is 0.474 e. The van der Waals surface area contributed by atoms with Crippen LogP contribution in [0, 0.1) is 0 Å². The highest BCUT2D eigenvalue weighted by molar-refractivity contribution is 7.48. The lowest BCUT2D eigenvalue weighted by Crippen LogP contribution is -2.32. The van der Waals surface area contributed by atoms with Gasteiger partial charge in [-0.05, 0) is 12.8 Å². The van der Waals surface area contributed by atoms with Gasteiger partial charge in [0.1, 0.15) is 18.4 Å². The number of esters is 1. The Morgan fingerprint density at radius 2 is 1.69 bits per heavy atom. The number of hydrogen-bond acceptors (Lipinski definition) is 9. The van der Waals surface area contributed by atoms with Crippen molar-refractivity contribution in [3.05, 3.63) is 33.1 Å². The van der Waals surface area contributed by atoms with Crippen molar-refractivity contribution >= 4 is 13.8 Å². The molecule has 0 saturated carbocycles. The average molecular weight is 519 g/mol. The minimum absolute atomic E-state index is 0.152. The summed E-state index contributed by atoms with van der Waals surface area (Å²) in [6.07, 6.45) is 6.69. The molecule has 11 nitrogen and oxygen atoms in total. The Hall–Kier alpha value is -1.78. The molecule has 3 atom stereocenters. The Labute approximate surface area is 206 Å². The quantitative estimate of drug-likeness (QED) is 0.184. The minimum Gasteiger partial charge on any atom is -0.460 e. The smallest absolute Gasteiger partial charge is 0.460 e. The molecule has 2 rings (SSSR count). The van der Waals surface area contributed by atoms with Crippen LogP contribution in [0.25, 0.3) is 0 Å². The Morgan fingerprint density at radius 1 is 1.06 bits per heavy atom. The summed E-state index contributed by atoms with van der Waals surface area (Å²) >= 11 is 0. The van der Waals surface area contributed by atoms with Gasteiger partial charge in [-0.3, -0.25) is 32.7 Å². The van der Waals surface area contributed by atoms with Crippen LogP contribution in [-0.2, 0) is 32.4 Å². The number of phosphoric acid groups is 1. The van der Waals surface area contributed by atoms with E-state index in [1.165, 1.54) is 23.8 Å². The lowest BCUT2D eigenvalue weighted by atomic mass is 10.2. The molecule has 12 heteroatoms. The summed E-state index contributed by atoms with van der Waals surface area (Å²) in [4.78, 5) is 37.3. The van der Waals surface area contributed by atoms with Crippen LogP contribution in [-0.4, -0.2) is 47.5 Å². The van der Waals surface area contributed by atoms with E-state index in [2.05, 4.69) is 18.8 Å². The highest BCUT2D eigenvalue weighted by Crippen LogP contribution is 2.50. The number of rotatable bonds is 17. The van der Waals surface area contributed by atoms with E-state index in [0.717, 1.165) is 51.4 Å². The van der Waals surface area contributed by atoms with Crippen molar-refractivity contribution in [2.45, 2.75) is 97.0 Å². The first-order chi connectivity index (χ1) is 16.8. The highest BCUT2D eigenvalue weighted by atomic mass is 31.2. The molecular weight excluding hydrogens is 479 g/mol. The number of aromatic amines is 1. The van der Waals surface area contributed by atoms with Crippen LogP contribution in [0.15, 0.2) is 21.9 Å². The van der Waals surface area contributed by atoms with Gasteiger partial charge in [0.15, 0.2) is 0 Å². The molecule has 1 fully saturated rings. The predicted molar refractivity (Wildman–Crippen MR) is 129 cm³/mol. The number of carbonyl (C=O) groups excluding carboxylic acids is 1. The molecule has 1 saturated heterocycles. The van der Waals surface area contributed by atoms with E-state index >= 15 is 0 Å². The van der Waals surface area contributed by atoms with Gasteiger partial charge in [-0.15, -0.1) is 0 Å².